The minimum atomic E-state index is 0.564. The second-order valence-corrected chi connectivity index (χ2v) is 1.91. The molecule has 2 saturated heterocycles. The third-order valence-electron chi connectivity index (χ3n) is 1.38. The van der Waals surface area contributed by atoms with Crippen LogP contribution in [0.4, 0.5) is 0 Å². The van der Waals surface area contributed by atoms with Gasteiger partial charge in [-0.25, -0.2) is 10.4 Å². The van der Waals surface area contributed by atoms with Crippen LogP contribution in [-0.4, -0.2) is 30.9 Å². The molecule has 1 N–H and O–H groups in total. The van der Waals surface area contributed by atoms with Gasteiger partial charge >= 0.3 is 0 Å². The van der Waals surface area contributed by atoms with Crippen LogP contribution in [0.25, 0.3) is 0 Å². The lowest BCUT2D eigenvalue weighted by atomic mass is 10.5. The topological polar surface area (TPSA) is 34.2 Å². The predicted molar refractivity (Wildman–Crippen MR) is 24.4 cm³/mol. The maximum absolute atomic E-state index is 5.12. The molecule has 0 amide bonds. The Morgan fingerprint density at radius 3 is 3.29 bits per heavy atom. The summed E-state index contributed by atoms with van der Waals surface area (Å²) in [5.41, 5.74) is 3.14. The monoisotopic (exact) mass is 100 g/mol. The molecule has 2 rings (SSSR count). The van der Waals surface area contributed by atoms with Gasteiger partial charge in [-0.05, 0) is 0 Å². The van der Waals surface area contributed by atoms with Crippen molar-refractivity contribution in [3.63, 3.8) is 0 Å². The molecule has 3 nitrogen and oxygen atoms in total. The van der Waals surface area contributed by atoms with Gasteiger partial charge in [-0.1, -0.05) is 0 Å². The normalized spacial score (nSPS) is 48.0. The fourth-order valence-corrected chi connectivity index (χ4v) is 0.864. The molecule has 2 heterocycles. The van der Waals surface area contributed by atoms with E-state index in [4.69, 9.17) is 4.74 Å². The molecule has 2 unspecified atom stereocenters. The average molecular weight is 100 g/mol. The molecule has 2 atom stereocenters. The van der Waals surface area contributed by atoms with Gasteiger partial charge in [0.2, 0.25) is 0 Å². The molecule has 7 heavy (non-hydrogen) atoms. The number of nitrogens with one attached hydrogen (secondary N) is 1. The van der Waals surface area contributed by atoms with Crippen molar-refractivity contribution >= 4 is 0 Å². The first-order valence-corrected chi connectivity index (χ1v) is 2.57. The molecule has 0 aliphatic carbocycles. The summed E-state index contributed by atoms with van der Waals surface area (Å²) in [6, 6.07) is 0. The fraction of sp³-hybridized carbons (Fsp3) is 1.00. The highest BCUT2D eigenvalue weighted by Gasteiger charge is 2.35. The fourth-order valence-electron chi connectivity index (χ4n) is 0.864. The Morgan fingerprint density at radius 2 is 2.71 bits per heavy atom. The molecule has 0 aromatic carbocycles. The zero-order valence-corrected chi connectivity index (χ0v) is 4.05. The molecule has 0 aromatic rings. The van der Waals surface area contributed by atoms with Gasteiger partial charge in [0.25, 0.3) is 0 Å². The minimum Gasteiger partial charge on any atom is -0.377 e. The number of ether oxygens (including phenoxy) is 1. The van der Waals surface area contributed by atoms with Crippen molar-refractivity contribution < 1.29 is 4.74 Å². The summed E-state index contributed by atoms with van der Waals surface area (Å²) in [6.07, 6.45) is 0.564. The van der Waals surface area contributed by atoms with Crippen LogP contribution in [0, 0.1) is 0 Å². The Bertz CT molecular complexity index is 75.8. The standard InChI is InChI=1S/C4H8N2O/c1-2-7-3-4-5-6(1)4/h4-5H,1-3H2. The number of hydrazine groups is 1. The van der Waals surface area contributed by atoms with E-state index in [1.165, 1.54) is 0 Å². The Labute approximate surface area is 42.2 Å². The minimum absolute atomic E-state index is 0.564. The quantitative estimate of drug-likeness (QED) is 0.403. The maximum Gasteiger partial charge on any atom is 0.110 e. The van der Waals surface area contributed by atoms with E-state index in [0.717, 1.165) is 19.8 Å². The van der Waals surface area contributed by atoms with E-state index >= 15 is 0 Å². The SMILES string of the molecule is C1CN2NC2CO1. The van der Waals surface area contributed by atoms with Gasteiger partial charge in [0.05, 0.1) is 13.2 Å². The second-order valence-electron chi connectivity index (χ2n) is 1.91. The number of fused-ring (bicyclic) bond motifs is 1. The summed E-state index contributed by atoms with van der Waals surface area (Å²) >= 11 is 0. The Hall–Kier alpha value is -0.120. The van der Waals surface area contributed by atoms with Crippen LogP contribution in [-0.2, 0) is 4.74 Å². The van der Waals surface area contributed by atoms with Gasteiger partial charge in [-0.2, -0.15) is 0 Å². The number of nitrogens with zero attached hydrogens (tertiary/aromatic N) is 1. The van der Waals surface area contributed by atoms with Crippen LogP contribution >= 0.6 is 0 Å². The largest absolute Gasteiger partial charge is 0.377 e. The summed E-state index contributed by atoms with van der Waals surface area (Å²) in [5.74, 6) is 0. The van der Waals surface area contributed by atoms with Crippen LogP contribution in [0.2, 0.25) is 0 Å². The second kappa shape index (κ2) is 1.18. The van der Waals surface area contributed by atoms with E-state index in [9.17, 15) is 0 Å². The van der Waals surface area contributed by atoms with E-state index in [1.807, 2.05) is 0 Å². The smallest absolute Gasteiger partial charge is 0.110 e. The molecule has 0 bridgehead atoms. The van der Waals surface area contributed by atoms with Crippen molar-refractivity contribution in [2.45, 2.75) is 6.17 Å². The molecule has 0 spiro atoms. The first kappa shape index (κ1) is 3.83. The highest BCUT2D eigenvalue weighted by Crippen LogP contribution is 2.11. The molecule has 0 aromatic heterocycles. The lowest BCUT2D eigenvalue weighted by Gasteiger charge is -2.07. The van der Waals surface area contributed by atoms with Crippen molar-refractivity contribution in [2.75, 3.05) is 19.8 Å². The third kappa shape index (κ3) is 0.534. The first-order chi connectivity index (χ1) is 3.47. The van der Waals surface area contributed by atoms with Crippen LogP contribution in [0.3, 0.4) is 0 Å². The molecule has 0 saturated carbocycles. The Kier molecular flexibility index (Phi) is 0.647. The van der Waals surface area contributed by atoms with Gasteiger partial charge in [-0.3, -0.25) is 0 Å². The highest BCUT2D eigenvalue weighted by atomic mass is 16.5. The highest BCUT2D eigenvalue weighted by molar-refractivity contribution is 4.80. The lowest BCUT2D eigenvalue weighted by Crippen LogP contribution is -2.20. The number of rotatable bonds is 0. The molecule has 2 aliphatic heterocycles. The van der Waals surface area contributed by atoms with E-state index in [2.05, 4.69) is 10.4 Å². The van der Waals surface area contributed by atoms with Gasteiger partial charge in [0.15, 0.2) is 0 Å². The van der Waals surface area contributed by atoms with E-state index < -0.39 is 0 Å². The summed E-state index contributed by atoms with van der Waals surface area (Å²) in [6.45, 7) is 2.83. The zero-order chi connectivity index (χ0) is 4.69. The van der Waals surface area contributed by atoms with Crippen LogP contribution in [0.5, 0.6) is 0 Å². The van der Waals surface area contributed by atoms with Crippen molar-refractivity contribution in [2.24, 2.45) is 0 Å². The first-order valence-electron chi connectivity index (χ1n) is 2.57. The van der Waals surface area contributed by atoms with E-state index in [0.29, 0.717) is 6.17 Å². The molecular weight excluding hydrogens is 92.1 g/mol. The Balaban J connectivity index is 1.95. The molecular formula is C4H8N2O. The van der Waals surface area contributed by atoms with Crippen LogP contribution in [0.15, 0.2) is 0 Å². The number of hydrogen-bond donors (Lipinski definition) is 1. The average Bonchev–Trinajstić information content (AvgIpc) is 2.41. The van der Waals surface area contributed by atoms with Crippen molar-refractivity contribution in [1.82, 2.24) is 10.4 Å². The number of morpholine rings is 1. The third-order valence-corrected chi connectivity index (χ3v) is 1.38. The molecule has 3 heteroatoms. The maximum atomic E-state index is 5.12. The van der Waals surface area contributed by atoms with Crippen molar-refractivity contribution in [3.8, 4) is 0 Å². The summed E-state index contributed by atoms with van der Waals surface area (Å²) in [7, 11) is 0. The molecule has 0 radical (unpaired) electrons. The van der Waals surface area contributed by atoms with Crippen molar-refractivity contribution in [1.29, 1.82) is 0 Å². The van der Waals surface area contributed by atoms with Gasteiger partial charge in [0.1, 0.15) is 6.17 Å². The molecule has 2 fully saturated rings. The Morgan fingerprint density at radius 1 is 1.71 bits per heavy atom. The van der Waals surface area contributed by atoms with Gasteiger partial charge in [-0.15, -0.1) is 0 Å². The zero-order valence-electron chi connectivity index (χ0n) is 4.05. The van der Waals surface area contributed by atoms with E-state index in [-0.39, 0.29) is 0 Å². The van der Waals surface area contributed by atoms with Crippen LogP contribution < -0.4 is 5.43 Å². The van der Waals surface area contributed by atoms with E-state index in [1.54, 1.807) is 0 Å². The number of hydrogen-bond acceptors (Lipinski definition) is 3. The van der Waals surface area contributed by atoms with Crippen molar-refractivity contribution in [3.05, 3.63) is 0 Å². The van der Waals surface area contributed by atoms with Crippen LogP contribution in [0.1, 0.15) is 0 Å². The molecule has 2 aliphatic rings. The summed E-state index contributed by atoms with van der Waals surface area (Å²) in [5, 5.41) is 2.18. The summed E-state index contributed by atoms with van der Waals surface area (Å²) < 4.78 is 5.12. The predicted octanol–water partition coefficient (Wildman–Crippen LogP) is -0.837. The lowest BCUT2D eigenvalue weighted by molar-refractivity contribution is 0.0872. The van der Waals surface area contributed by atoms with Gasteiger partial charge in [0, 0.05) is 6.54 Å². The summed E-state index contributed by atoms with van der Waals surface area (Å²) in [4.78, 5) is 0. The van der Waals surface area contributed by atoms with Gasteiger partial charge < -0.3 is 4.74 Å². The molecule has 40 valence electrons.